The Balaban J connectivity index is 1.27. The van der Waals surface area contributed by atoms with Gasteiger partial charge in [-0.2, -0.15) is 5.10 Å². The van der Waals surface area contributed by atoms with Gasteiger partial charge in [-0.1, -0.05) is 29.8 Å². The highest BCUT2D eigenvalue weighted by molar-refractivity contribution is 7.92. The lowest BCUT2D eigenvalue weighted by Crippen LogP contribution is -2.45. The Morgan fingerprint density at radius 2 is 1.69 bits per heavy atom. The van der Waals surface area contributed by atoms with E-state index in [1.54, 1.807) is 18.2 Å². The molecule has 0 radical (unpaired) electrons. The number of nitrogens with zero attached hydrogens (tertiary/aromatic N) is 6. The first-order chi connectivity index (χ1) is 30.5. The van der Waals surface area contributed by atoms with Crippen LogP contribution in [0.5, 0.6) is 0 Å². The number of halogens is 5. The highest BCUT2D eigenvalue weighted by atomic mass is 35.5. The van der Waals surface area contributed by atoms with Crippen LogP contribution < -0.4 is 20.5 Å². The monoisotopic (exact) mass is 918 g/mol. The van der Waals surface area contributed by atoms with Gasteiger partial charge in [-0.25, -0.2) is 31.0 Å². The van der Waals surface area contributed by atoms with E-state index in [9.17, 15) is 30.8 Å². The molecule has 3 aromatic heterocycles. The normalized spacial score (nSPS) is 17.5. The maximum Gasteiger partial charge on any atom is 0.266 e. The second-order valence-corrected chi connectivity index (χ2v) is 18.8. The molecule has 1 saturated carbocycles. The van der Waals surface area contributed by atoms with Crippen molar-refractivity contribution in [2.45, 2.75) is 76.8 Å². The van der Waals surface area contributed by atoms with Crippen LogP contribution in [0.2, 0.25) is 5.02 Å². The van der Waals surface area contributed by atoms with Crippen molar-refractivity contribution in [1.82, 2.24) is 29.2 Å². The van der Waals surface area contributed by atoms with Crippen LogP contribution in [-0.4, -0.2) is 76.2 Å². The Hall–Kier alpha value is -5.98. The van der Waals surface area contributed by atoms with Gasteiger partial charge in [0, 0.05) is 54.4 Å². The molecule has 9 rings (SSSR count). The summed E-state index contributed by atoms with van der Waals surface area (Å²) in [5.74, 6) is -2.75. The summed E-state index contributed by atoms with van der Waals surface area (Å²) >= 11 is 6.68. The number of benzene rings is 4. The molecule has 0 bridgehead atoms. The van der Waals surface area contributed by atoms with E-state index in [0.717, 1.165) is 62.6 Å². The molecule has 1 aliphatic heterocycles. The summed E-state index contributed by atoms with van der Waals surface area (Å²) in [4.78, 5) is 36.8. The fraction of sp³-hybridized carbons (Fsp3) is 0.333. The Bertz CT molecular complexity index is 3120. The summed E-state index contributed by atoms with van der Waals surface area (Å²) in [5.41, 5.74) is 1.84. The second kappa shape index (κ2) is 16.9. The largest absolute Gasteiger partial charge is 0.372 e. The molecule has 7 aromatic rings. The first kappa shape index (κ1) is 43.3. The predicted molar refractivity (Wildman–Crippen MR) is 237 cm³/mol. The molecule has 1 amide bonds. The number of hydrogen-bond donors (Lipinski definition) is 2. The standard InChI is InChI=1S/C45H43ClF4N8O5S/c1-24-20-55(21-25(2)63-24)31-10-11-33-35(19-31)52-44(58(45(33)60)38-13-12-34(46)41-42(38)57(23-39(49)50)53-43(41)54-64(3,61)62)36(16-26-14-28(47)18-29(48)15-26)51-40(59)17-27-22-56(30-8-9-30)37-7-5-4-6-32(27)37/h4-7,10-15,18-19,22,24-25,30,36,39H,8-9,16-17,20-21,23H2,1-3H3,(H,51,59)(H,53,54)/t24-,25+,36-/m0/s1. The Morgan fingerprint density at radius 3 is 2.38 bits per heavy atom. The zero-order chi connectivity index (χ0) is 45.2. The van der Waals surface area contributed by atoms with Crippen LogP contribution in [0.4, 0.5) is 29.1 Å². The molecule has 0 spiro atoms. The van der Waals surface area contributed by atoms with E-state index in [-0.39, 0.29) is 74.8 Å². The van der Waals surface area contributed by atoms with Crippen LogP contribution in [-0.2, 0) is 38.9 Å². The number of anilines is 2. The van der Waals surface area contributed by atoms with Crippen molar-refractivity contribution in [3.05, 3.63) is 123 Å². The Labute approximate surface area is 369 Å². The molecular formula is C45H43ClF4N8O5S. The first-order valence-corrected chi connectivity index (χ1v) is 23.0. The third kappa shape index (κ3) is 8.77. The van der Waals surface area contributed by atoms with Crippen molar-refractivity contribution in [1.29, 1.82) is 0 Å². The number of carbonyl (C=O) groups is 1. The smallest absolute Gasteiger partial charge is 0.266 e. The number of fused-ring (bicyclic) bond motifs is 3. The highest BCUT2D eigenvalue weighted by Gasteiger charge is 2.31. The number of carbonyl (C=O) groups excluding carboxylic acids is 1. The molecular weight excluding hydrogens is 876 g/mol. The van der Waals surface area contributed by atoms with Gasteiger partial charge in [0.2, 0.25) is 15.9 Å². The van der Waals surface area contributed by atoms with Gasteiger partial charge in [0.05, 0.1) is 63.4 Å². The highest BCUT2D eigenvalue weighted by Crippen LogP contribution is 2.40. The van der Waals surface area contributed by atoms with Crippen LogP contribution in [0, 0.1) is 11.6 Å². The molecule has 4 aromatic carbocycles. The van der Waals surface area contributed by atoms with Crippen LogP contribution in [0.15, 0.2) is 83.8 Å². The molecule has 13 nitrogen and oxygen atoms in total. The number of morpholine rings is 1. The average Bonchev–Trinajstić information content (AvgIpc) is 3.91. The number of sulfonamides is 1. The number of alkyl halides is 2. The van der Waals surface area contributed by atoms with Crippen LogP contribution in [0.25, 0.3) is 38.4 Å². The quantitative estimate of drug-likeness (QED) is 0.111. The van der Waals surface area contributed by atoms with Crippen molar-refractivity contribution in [2.75, 3.05) is 29.0 Å². The topological polar surface area (TPSA) is 145 Å². The summed E-state index contributed by atoms with van der Waals surface area (Å²) in [5, 5.41) is 8.03. The van der Waals surface area contributed by atoms with Gasteiger partial charge in [0.1, 0.15) is 24.0 Å². The summed E-state index contributed by atoms with van der Waals surface area (Å²) in [6, 6.07) is 17.5. The lowest BCUT2D eigenvalue weighted by Gasteiger charge is -2.37. The van der Waals surface area contributed by atoms with E-state index in [0.29, 0.717) is 25.2 Å². The minimum Gasteiger partial charge on any atom is -0.372 e. The van der Waals surface area contributed by atoms with Gasteiger partial charge in [-0.3, -0.25) is 23.6 Å². The predicted octanol–water partition coefficient (Wildman–Crippen LogP) is 7.85. The van der Waals surface area contributed by atoms with Gasteiger partial charge in [-0.05, 0) is 86.3 Å². The number of rotatable bonds is 13. The molecule has 64 heavy (non-hydrogen) atoms. The SMILES string of the molecule is C[C@@H]1CN(c2ccc3c(=O)n(-c4ccc(Cl)c5c(NS(C)(=O)=O)nn(CC(F)F)c45)c([C@H](Cc4cc(F)cc(F)c4)NC(=O)Cc4cn(C5CC5)c5ccccc45)nc3c2)C[C@H](C)O1. The van der Waals surface area contributed by atoms with Crippen LogP contribution >= 0.6 is 11.6 Å². The van der Waals surface area contributed by atoms with Crippen molar-refractivity contribution < 1.29 is 35.5 Å². The zero-order valence-corrected chi connectivity index (χ0v) is 36.4. The second-order valence-electron chi connectivity index (χ2n) is 16.6. The molecule has 19 heteroatoms. The third-order valence-electron chi connectivity index (χ3n) is 11.4. The Morgan fingerprint density at radius 1 is 0.969 bits per heavy atom. The van der Waals surface area contributed by atoms with E-state index in [2.05, 4.69) is 24.6 Å². The Kier molecular flexibility index (Phi) is 11.4. The number of nitrogens with one attached hydrogen (secondary N) is 2. The molecule has 4 heterocycles. The molecule has 1 aliphatic carbocycles. The van der Waals surface area contributed by atoms with Gasteiger partial charge >= 0.3 is 0 Å². The first-order valence-electron chi connectivity index (χ1n) is 20.7. The van der Waals surface area contributed by atoms with E-state index >= 15 is 4.79 Å². The lowest BCUT2D eigenvalue weighted by molar-refractivity contribution is -0.121. The fourth-order valence-electron chi connectivity index (χ4n) is 8.86. The molecule has 3 atom stereocenters. The summed E-state index contributed by atoms with van der Waals surface area (Å²) < 4.78 is 95.7. The lowest BCUT2D eigenvalue weighted by atomic mass is 10.0. The number of hydrogen-bond acceptors (Lipinski definition) is 8. The van der Waals surface area contributed by atoms with Gasteiger partial charge in [0.15, 0.2) is 5.82 Å². The number of ether oxygens (including phenoxy) is 1. The van der Waals surface area contributed by atoms with Crippen LogP contribution in [0.1, 0.15) is 55.7 Å². The van der Waals surface area contributed by atoms with Crippen LogP contribution in [0.3, 0.4) is 0 Å². The van der Waals surface area contributed by atoms with E-state index in [1.165, 1.54) is 12.1 Å². The van der Waals surface area contributed by atoms with E-state index in [1.807, 2.05) is 44.3 Å². The van der Waals surface area contributed by atoms with Gasteiger partial charge < -0.3 is 19.5 Å². The van der Waals surface area contributed by atoms with Crippen molar-refractivity contribution in [2.24, 2.45) is 0 Å². The van der Waals surface area contributed by atoms with Crippen molar-refractivity contribution >= 4 is 71.7 Å². The summed E-state index contributed by atoms with van der Waals surface area (Å²) in [6.07, 6.45) is 1.23. The summed E-state index contributed by atoms with van der Waals surface area (Å²) in [7, 11) is -4.03. The third-order valence-corrected chi connectivity index (χ3v) is 12.3. The summed E-state index contributed by atoms with van der Waals surface area (Å²) in [6.45, 7) is 3.96. The van der Waals surface area contributed by atoms with Gasteiger partial charge in [-0.15, -0.1) is 0 Å². The number of para-hydroxylation sites is 1. The number of amides is 1. The average molecular weight is 919 g/mol. The van der Waals surface area contributed by atoms with Crippen molar-refractivity contribution in [3.8, 4) is 5.69 Å². The minimum atomic E-state index is -4.03. The maximum absolute atomic E-state index is 15.2. The minimum absolute atomic E-state index is 0.0715. The van der Waals surface area contributed by atoms with Gasteiger partial charge in [0.25, 0.3) is 12.0 Å². The number of aromatic nitrogens is 5. The maximum atomic E-state index is 15.2. The van der Waals surface area contributed by atoms with E-state index < -0.39 is 52.1 Å². The molecule has 2 N–H and O–H groups in total. The fourth-order valence-corrected chi connectivity index (χ4v) is 9.60. The van der Waals surface area contributed by atoms with Crippen molar-refractivity contribution in [3.63, 3.8) is 0 Å². The molecule has 1 saturated heterocycles. The molecule has 2 fully saturated rings. The molecule has 334 valence electrons. The molecule has 2 aliphatic rings. The zero-order valence-electron chi connectivity index (χ0n) is 34.9. The molecule has 0 unspecified atom stereocenters. The van der Waals surface area contributed by atoms with E-state index in [4.69, 9.17) is 21.3 Å².